The molecule has 0 radical (unpaired) electrons. The molecule has 0 aromatic heterocycles. The molecule has 0 spiro atoms. The van der Waals surface area contributed by atoms with Gasteiger partial charge in [0.1, 0.15) is 17.0 Å². The molecule has 7 nitrogen and oxygen atoms in total. The zero-order valence-corrected chi connectivity index (χ0v) is 22.1. The lowest BCUT2D eigenvalue weighted by Crippen LogP contribution is -2.79. The van der Waals surface area contributed by atoms with Crippen LogP contribution in [0.4, 0.5) is 0 Å². The number of hydrogen-bond acceptors (Lipinski definition) is 6. The summed E-state index contributed by atoms with van der Waals surface area (Å²) in [5.74, 6) is -1.22. The summed E-state index contributed by atoms with van der Waals surface area (Å²) in [6, 6.07) is 25.9. The number of carbonyl (C=O) groups is 3. The first-order valence-corrected chi connectivity index (χ1v) is 13.9. The Morgan fingerprint density at radius 1 is 1.03 bits per heavy atom. The van der Waals surface area contributed by atoms with Gasteiger partial charge in [0, 0.05) is 5.75 Å². The van der Waals surface area contributed by atoms with Crippen LogP contribution in [0.2, 0.25) is 0 Å². The Bertz CT molecular complexity index is 1300. The summed E-state index contributed by atoms with van der Waals surface area (Å²) in [5, 5.41) is 13.9. The number of fused-ring (bicyclic) bond motifs is 1. The van der Waals surface area contributed by atoms with Crippen molar-refractivity contribution in [2.75, 3.05) is 5.75 Å². The molecule has 0 unspecified atom stereocenters. The largest absolute Gasteiger partial charge is 0.451 e. The van der Waals surface area contributed by atoms with E-state index < -0.39 is 41.0 Å². The number of hydrogen-bond donors (Lipinski definition) is 2. The minimum Gasteiger partial charge on any atom is -0.451 e. The molecular formula is C31H30N2O5S. The summed E-state index contributed by atoms with van der Waals surface area (Å²) in [5.41, 5.74) is 0.816. The van der Waals surface area contributed by atoms with Gasteiger partial charge in [-0.25, -0.2) is 4.79 Å². The summed E-state index contributed by atoms with van der Waals surface area (Å²) in [6.45, 7) is 3.74. The Morgan fingerprint density at radius 3 is 2.15 bits per heavy atom. The Hall–Kier alpha value is -3.88. The van der Waals surface area contributed by atoms with Gasteiger partial charge in [0.05, 0.1) is 6.42 Å². The summed E-state index contributed by atoms with van der Waals surface area (Å²) < 4.78 is 6.08. The van der Waals surface area contributed by atoms with Gasteiger partial charge in [0.15, 0.2) is 12.1 Å². The maximum atomic E-state index is 13.8. The smallest absolute Gasteiger partial charge is 0.332 e. The maximum absolute atomic E-state index is 13.8. The van der Waals surface area contributed by atoms with Crippen molar-refractivity contribution >= 4 is 29.5 Å². The van der Waals surface area contributed by atoms with Gasteiger partial charge in [-0.2, -0.15) is 0 Å². The van der Waals surface area contributed by atoms with Crippen molar-refractivity contribution < 1.29 is 24.2 Å². The second-order valence-electron chi connectivity index (χ2n) is 9.79. The SMILES string of the molecule is C=CC[C@]1(O)CS[C@@H]2[C@H](NC(=O)Cc3ccccc3)C(=O)N2[C@H]1C(=O)OC(c1ccccc1)c1ccccc1. The fourth-order valence-corrected chi connectivity index (χ4v) is 6.66. The van der Waals surface area contributed by atoms with Gasteiger partial charge in [-0.15, -0.1) is 18.3 Å². The minimum atomic E-state index is -1.56. The van der Waals surface area contributed by atoms with Crippen LogP contribution in [0.1, 0.15) is 29.2 Å². The molecule has 2 heterocycles. The lowest BCUT2D eigenvalue weighted by molar-refractivity contribution is -0.181. The fourth-order valence-electron chi connectivity index (χ4n) is 5.16. The molecule has 0 bridgehead atoms. The highest BCUT2D eigenvalue weighted by Gasteiger charge is 2.62. The Balaban J connectivity index is 1.38. The number of amides is 2. The molecule has 8 heteroatoms. The number of carbonyl (C=O) groups excluding carboxylic acids is 3. The molecule has 0 saturated carbocycles. The standard InChI is InChI=1S/C31H30N2O5S/c1-2-18-31(37)20-39-29-25(32-24(34)19-21-12-6-3-7-13-21)28(35)33(29)27(31)30(36)38-26(22-14-8-4-9-15-22)23-16-10-5-11-17-23/h2-17,25-27,29,37H,1,18-20H2,(H,32,34)/t25-,27+,29-,31+/m1/s1. The van der Waals surface area contributed by atoms with Crippen LogP contribution in [0.15, 0.2) is 104 Å². The van der Waals surface area contributed by atoms with Crippen LogP contribution >= 0.6 is 11.8 Å². The number of benzene rings is 3. The van der Waals surface area contributed by atoms with Crippen LogP contribution in [0.25, 0.3) is 0 Å². The first-order valence-electron chi connectivity index (χ1n) is 12.8. The molecule has 2 saturated heterocycles. The normalized spacial score (nSPS) is 23.9. The van der Waals surface area contributed by atoms with Crippen LogP contribution in [0.3, 0.4) is 0 Å². The van der Waals surface area contributed by atoms with E-state index in [4.69, 9.17) is 4.74 Å². The highest BCUT2D eigenvalue weighted by Crippen LogP contribution is 2.44. The van der Waals surface area contributed by atoms with Crippen LogP contribution in [0, 0.1) is 0 Å². The number of thioether (sulfide) groups is 1. The first kappa shape index (κ1) is 26.7. The van der Waals surface area contributed by atoms with Crippen LogP contribution in [-0.2, 0) is 25.5 Å². The van der Waals surface area contributed by atoms with Crippen molar-refractivity contribution in [1.82, 2.24) is 10.2 Å². The van der Waals surface area contributed by atoms with Gasteiger partial charge >= 0.3 is 5.97 Å². The Kier molecular flexibility index (Phi) is 7.86. The highest BCUT2D eigenvalue weighted by molar-refractivity contribution is 8.00. The number of ether oxygens (including phenoxy) is 1. The third kappa shape index (κ3) is 5.48. The summed E-state index contributed by atoms with van der Waals surface area (Å²) in [6.07, 6.45) is 1.06. The van der Waals surface area contributed by atoms with Crippen LogP contribution in [0.5, 0.6) is 0 Å². The zero-order chi connectivity index (χ0) is 27.4. The van der Waals surface area contributed by atoms with Gasteiger partial charge < -0.3 is 20.1 Å². The third-order valence-electron chi connectivity index (χ3n) is 7.05. The summed E-state index contributed by atoms with van der Waals surface area (Å²) in [7, 11) is 0. The molecule has 200 valence electrons. The molecule has 5 rings (SSSR count). The molecule has 39 heavy (non-hydrogen) atoms. The number of nitrogens with one attached hydrogen (secondary N) is 1. The van der Waals surface area contributed by atoms with Gasteiger partial charge in [0.2, 0.25) is 11.8 Å². The van der Waals surface area contributed by atoms with E-state index in [1.54, 1.807) is 0 Å². The summed E-state index contributed by atoms with van der Waals surface area (Å²) >= 11 is 1.34. The van der Waals surface area contributed by atoms with Crippen molar-refractivity contribution in [3.8, 4) is 0 Å². The number of β-lactam (4-membered cyclic amide) rings is 1. The zero-order valence-electron chi connectivity index (χ0n) is 21.3. The van der Waals surface area contributed by atoms with E-state index in [1.807, 2.05) is 91.0 Å². The topological polar surface area (TPSA) is 95.9 Å². The molecule has 3 aromatic rings. The molecule has 3 aromatic carbocycles. The lowest BCUT2D eigenvalue weighted by atomic mass is 9.87. The number of aliphatic hydroxyl groups is 1. The van der Waals surface area contributed by atoms with Crippen LogP contribution in [-0.4, -0.2) is 56.6 Å². The van der Waals surface area contributed by atoms with Crippen molar-refractivity contribution in [2.45, 2.75) is 42.0 Å². The number of rotatable bonds is 9. The monoisotopic (exact) mass is 542 g/mol. The number of esters is 1. The van der Waals surface area contributed by atoms with E-state index in [0.717, 1.165) is 16.7 Å². The average molecular weight is 543 g/mol. The van der Waals surface area contributed by atoms with Crippen molar-refractivity contribution in [2.24, 2.45) is 0 Å². The van der Waals surface area contributed by atoms with Crippen molar-refractivity contribution in [1.29, 1.82) is 0 Å². The Morgan fingerprint density at radius 2 is 1.59 bits per heavy atom. The van der Waals surface area contributed by atoms with E-state index in [2.05, 4.69) is 11.9 Å². The lowest BCUT2D eigenvalue weighted by Gasteiger charge is -2.57. The predicted octanol–water partition coefficient (Wildman–Crippen LogP) is 3.64. The predicted molar refractivity (Wildman–Crippen MR) is 150 cm³/mol. The van der Waals surface area contributed by atoms with E-state index in [1.165, 1.54) is 22.7 Å². The van der Waals surface area contributed by atoms with E-state index >= 15 is 0 Å². The molecular weight excluding hydrogens is 512 g/mol. The van der Waals surface area contributed by atoms with Gasteiger partial charge in [-0.1, -0.05) is 97.1 Å². The van der Waals surface area contributed by atoms with Crippen molar-refractivity contribution in [3.05, 3.63) is 120 Å². The van der Waals surface area contributed by atoms with E-state index in [-0.39, 0.29) is 24.5 Å². The second-order valence-corrected chi connectivity index (χ2v) is 10.9. The van der Waals surface area contributed by atoms with E-state index in [0.29, 0.717) is 0 Å². The molecule has 2 amide bonds. The third-order valence-corrected chi connectivity index (χ3v) is 8.56. The average Bonchev–Trinajstić information content (AvgIpc) is 2.96. The number of nitrogens with zero attached hydrogens (tertiary/aromatic N) is 1. The van der Waals surface area contributed by atoms with Gasteiger partial charge in [0.25, 0.3) is 0 Å². The first-order chi connectivity index (χ1) is 18.9. The molecule has 2 aliphatic heterocycles. The molecule has 2 aliphatic rings. The quantitative estimate of drug-likeness (QED) is 0.244. The second kappa shape index (κ2) is 11.5. The maximum Gasteiger partial charge on any atom is 0.332 e. The molecule has 4 atom stereocenters. The fraction of sp³-hybridized carbons (Fsp3) is 0.258. The Labute approximate surface area is 231 Å². The summed E-state index contributed by atoms with van der Waals surface area (Å²) in [4.78, 5) is 41.3. The minimum absolute atomic E-state index is 0.0998. The van der Waals surface area contributed by atoms with E-state index in [9.17, 15) is 19.5 Å². The highest BCUT2D eigenvalue weighted by atomic mass is 32.2. The molecule has 0 aliphatic carbocycles. The molecule has 2 fully saturated rings. The van der Waals surface area contributed by atoms with Crippen molar-refractivity contribution in [3.63, 3.8) is 0 Å². The van der Waals surface area contributed by atoms with Gasteiger partial charge in [-0.3, -0.25) is 9.59 Å². The molecule has 2 N–H and O–H groups in total. The van der Waals surface area contributed by atoms with Gasteiger partial charge in [-0.05, 0) is 23.1 Å². The van der Waals surface area contributed by atoms with Crippen LogP contribution < -0.4 is 5.32 Å².